The predicted molar refractivity (Wildman–Crippen MR) is 76.0 cm³/mol. The largest absolute Gasteiger partial charge is 0.480 e. The lowest BCUT2D eigenvalue weighted by molar-refractivity contribution is -0.140. The van der Waals surface area contributed by atoms with Crippen LogP contribution in [-0.2, 0) is 19.6 Å². The molecule has 1 aromatic carbocycles. The summed E-state index contributed by atoms with van der Waals surface area (Å²) in [6.07, 6.45) is 0. The highest BCUT2D eigenvalue weighted by Gasteiger charge is 2.35. The molecule has 0 heterocycles. The molecule has 0 spiro atoms. The number of carboxylic acid groups (broad SMARTS) is 1. The molecule has 0 aliphatic rings. The zero-order valence-corrected chi connectivity index (χ0v) is 13.5. The van der Waals surface area contributed by atoms with Crippen molar-refractivity contribution in [3.63, 3.8) is 0 Å². The van der Waals surface area contributed by atoms with Crippen molar-refractivity contribution >= 4 is 21.9 Å². The first-order valence-corrected chi connectivity index (χ1v) is 8.06. The molecule has 2 N–H and O–H groups in total. The minimum Gasteiger partial charge on any atom is -0.480 e. The molecule has 0 aromatic heterocycles. The molecule has 0 saturated heterocycles. The summed E-state index contributed by atoms with van der Waals surface area (Å²) in [7, 11) is -4.79. The number of carbonyl (C=O) groups excluding carboxylic acids is 1. The van der Waals surface area contributed by atoms with Crippen molar-refractivity contribution in [2.45, 2.75) is 24.8 Å². The first-order chi connectivity index (χ1) is 11.0. The summed E-state index contributed by atoms with van der Waals surface area (Å²) in [4.78, 5) is 20.7. The Morgan fingerprint density at radius 3 is 2.33 bits per heavy atom. The molecular formula is C13H15F3N2O5S. The molecule has 134 valence electrons. The normalized spacial score (nSPS) is 12.9. The summed E-state index contributed by atoms with van der Waals surface area (Å²) in [5.41, 5.74) is 0. The summed E-state index contributed by atoms with van der Waals surface area (Å²) in [6.45, 7) is 1.42. The Morgan fingerprint density at radius 2 is 1.83 bits per heavy atom. The van der Waals surface area contributed by atoms with E-state index < -0.39 is 56.8 Å². The van der Waals surface area contributed by atoms with Gasteiger partial charge in [0.2, 0.25) is 15.9 Å². The molecule has 0 saturated carbocycles. The van der Waals surface area contributed by atoms with Crippen LogP contribution in [-0.4, -0.2) is 48.8 Å². The van der Waals surface area contributed by atoms with Crippen LogP contribution in [0.15, 0.2) is 17.0 Å². The minimum atomic E-state index is -4.79. The van der Waals surface area contributed by atoms with E-state index in [9.17, 15) is 31.2 Å². The third-order valence-electron chi connectivity index (χ3n) is 3.08. The number of aliphatic carboxylic acids is 1. The Bertz CT molecular complexity index is 754. The first-order valence-electron chi connectivity index (χ1n) is 6.62. The van der Waals surface area contributed by atoms with Crippen molar-refractivity contribution in [3.8, 4) is 0 Å². The van der Waals surface area contributed by atoms with Crippen LogP contribution in [0.25, 0.3) is 0 Å². The van der Waals surface area contributed by atoms with E-state index in [1.54, 1.807) is 0 Å². The summed E-state index contributed by atoms with van der Waals surface area (Å²) in [5, 5.41) is 11.3. The lowest BCUT2D eigenvalue weighted by Crippen LogP contribution is -2.46. The molecule has 11 heteroatoms. The van der Waals surface area contributed by atoms with Crippen molar-refractivity contribution < 1.29 is 36.3 Å². The third kappa shape index (κ3) is 4.23. The van der Waals surface area contributed by atoms with Crippen molar-refractivity contribution in [1.29, 1.82) is 0 Å². The molecule has 1 rings (SSSR count). The Hall–Kier alpha value is -2.14. The van der Waals surface area contributed by atoms with Gasteiger partial charge in [-0.15, -0.1) is 0 Å². The maximum absolute atomic E-state index is 13.8. The van der Waals surface area contributed by atoms with Crippen LogP contribution in [0.1, 0.15) is 13.8 Å². The van der Waals surface area contributed by atoms with Gasteiger partial charge in [-0.2, -0.15) is 4.31 Å². The van der Waals surface area contributed by atoms with Gasteiger partial charge in [-0.25, -0.2) is 21.6 Å². The fourth-order valence-electron chi connectivity index (χ4n) is 1.82. The van der Waals surface area contributed by atoms with E-state index in [2.05, 4.69) is 5.32 Å². The molecule has 0 aliphatic carbocycles. The van der Waals surface area contributed by atoms with E-state index in [0.29, 0.717) is 16.4 Å². The number of rotatable bonds is 7. The van der Waals surface area contributed by atoms with Gasteiger partial charge in [-0.3, -0.25) is 9.59 Å². The molecule has 0 fully saturated rings. The Labute approximate surface area is 136 Å². The van der Waals surface area contributed by atoms with Gasteiger partial charge in [0, 0.05) is 20.0 Å². The molecule has 1 aromatic rings. The lowest BCUT2D eigenvalue weighted by Gasteiger charge is -2.26. The second kappa shape index (κ2) is 7.62. The van der Waals surface area contributed by atoms with Gasteiger partial charge in [0.1, 0.15) is 10.9 Å². The topological polar surface area (TPSA) is 104 Å². The molecule has 0 bridgehead atoms. The third-order valence-corrected chi connectivity index (χ3v) is 5.07. The molecule has 1 unspecified atom stereocenters. The number of amides is 1. The van der Waals surface area contributed by atoms with Crippen LogP contribution in [0.3, 0.4) is 0 Å². The smallest absolute Gasteiger partial charge is 0.321 e. The molecule has 0 aliphatic heterocycles. The predicted octanol–water partition coefficient (Wildman–Crippen LogP) is 0.704. The monoisotopic (exact) mass is 368 g/mol. The standard InChI is InChI=1S/C13H15F3N2O5S/c1-7(13(20)21)18(6-5-17-8(2)19)24(22,23)10-4-3-9(14)11(15)12(10)16/h3-4,7H,5-6H2,1-2H3,(H,17,19)(H,20,21). The molecular weight excluding hydrogens is 353 g/mol. The van der Waals surface area contributed by atoms with Gasteiger partial charge in [0.25, 0.3) is 0 Å². The fraction of sp³-hybridized carbons (Fsp3) is 0.385. The highest BCUT2D eigenvalue weighted by Crippen LogP contribution is 2.24. The molecule has 1 atom stereocenters. The van der Waals surface area contributed by atoms with Crippen LogP contribution in [0.5, 0.6) is 0 Å². The zero-order valence-electron chi connectivity index (χ0n) is 12.7. The average molecular weight is 368 g/mol. The maximum Gasteiger partial charge on any atom is 0.321 e. The number of halogens is 3. The lowest BCUT2D eigenvalue weighted by atomic mass is 10.3. The summed E-state index contributed by atoms with van der Waals surface area (Å²) < 4.78 is 65.3. The number of hydrogen-bond donors (Lipinski definition) is 2. The van der Waals surface area contributed by atoms with Gasteiger partial charge < -0.3 is 10.4 Å². The number of carboxylic acids is 1. The van der Waals surface area contributed by atoms with Gasteiger partial charge in [-0.1, -0.05) is 0 Å². The minimum absolute atomic E-state index is 0.253. The van der Waals surface area contributed by atoms with Crippen molar-refractivity contribution in [2.75, 3.05) is 13.1 Å². The van der Waals surface area contributed by atoms with Crippen LogP contribution < -0.4 is 5.32 Å². The van der Waals surface area contributed by atoms with E-state index in [-0.39, 0.29) is 6.54 Å². The van der Waals surface area contributed by atoms with E-state index >= 15 is 0 Å². The van der Waals surface area contributed by atoms with Crippen LogP contribution in [0.4, 0.5) is 13.2 Å². The van der Waals surface area contributed by atoms with Crippen molar-refractivity contribution in [2.24, 2.45) is 0 Å². The SMILES string of the molecule is CC(=O)NCCN(C(C)C(=O)O)S(=O)(=O)c1ccc(F)c(F)c1F. The number of benzene rings is 1. The summed E-state index contributed by atoms with van der Waals surface area (Å²) >= 11 is 0. The van der Waals surface area contributed by atoms with E-state index in [4.69, 9.17) is 5.11 Å². The van der Waals surface area contributed by atoms with Gasteiger partial charge >= 0.3 is 5.97 Å². The molecule has 1 amide bonds. The number of sulfonamides is 1. The highest BCUT2D eigenvalue weighted by molar-refractivity contribution is 7.89. The van der Waals surface area contributed by atoms with E-state index in [1.807, 2.05) is 0 Å². The average Bonchev–Trinajstić information content (AvgIpc) is 2.47. The number of hydrogen-bond acceptors (Lipinski definition) is 4. The van der Waals surface area contributed by atoms with Gasteiger partial charge in [0.05, 0.1) is 0 Å². The Kier molecular flexibility index (Phi) is 6.32. The van der Waals surface area contributed by atoms with Crippen LogP contribution >= 0.6 is 0 Å². The number of nitrogens with zero attached hydrogens (tertiary/aromatic N) is 1. The quantitative estimate of drug-likeness (QED) is 0.690. The molecule has 0 radical (unpaired) electrons. The first kappa shape index (κ1) is 19.9. The number of carbonyl (C=O) groups is 2. The van der Waals surface area contributed by atoms with Gasteiger partial charge in [-0.05, 0) is 19.1 Å². The molecule has 7 nitrogen and oxygen atoms in total. The second-order valence-corrected chi connectivity index (χ2v) is 6.65. The second-order valence-electron chi connectivity index (χ2n) is 4.79. The summed E-state index contributed by atoms with van der Waals surface area (Å²) in [6, 6.07) is -0.706. The summed E-state index contributed by atoms with van der Waals surface area (Å²) in [5.74, 6) is -7.54. The van der Waals surface area contributed by atoms with Crippen LogP contribution in [0.2, 0.25) is 0 Å². The zero-order chi connectivity index (χ0) is 18.7. The molecule has 24 heavy (non-hydrogen) atoms. The van der Waals surface area contributed by atoms with E-state index in [1.165, 1.54) is 0 Å². The van der Waals surface area contributed by atoms with Crippen LogP contribution in [0, 0.1) is 17.5 Å². The highest BCUT2D eigenvalue weighted by atomic mass is 32.2. The van der Waals surface area contributed by atoms with Crippen molar-refractivity contribution in [1.82, 2.24) is 9.62 Å². The van der Waals surface area contributed by atoms with E-state index in [0.717, 1.165) is 13.8 Å². The Morgan fingerprint density at radius 1 is 1.25 bits per heavy atom. The number of nitrogens with one attached hydrogen (secondary N) is 1. The van der Waals surface area contributed by atoms with Gasteiger partial charge in [0.15, 0.2) is 17.5 Å². The fourth-order valence-corrected chi connectivity index (χ4v) is 3.47. The maximum atomic E-state index is 13.8. The van der Waals surface area contributed by atoms with Crippen molar-refractivity contribution in [3.05, 3.63) is 29.6 Å². The Balaban J connectivity index is 3.31.